The van der Waals surface area contributed by atoms with Gasteiger partial charge in [-0.2, -0.15) is 4.99 Å². The van der Waals surface area contributed by atoms with Crippen molar-refractivity contribution >= 4 is 22.9 Å². The third-order valence-electron chi connectivity index (χ3n) is 11.2. The van der Waals surface area contributed by atoms with E-state index in [4.69, 9.17) is 15.0 Å². The van der Waals surface area contributed by atoms with Crippen molar-refractivity contribution in [2.75, 3.05) is 0 Å². The number of aliphatic hydroxyl groups is 1. The second-order valence-corrected chi connectivity index (χ2v) is 16.3. The molecular formula is C55H45N4OPt-. The third-order valence-corrected chi connectivity index (χ3v) is 11.2. The van der Waals surface area contributed by atoms with E-state index in [1.807, 2.05) is 48.7 Å². The molecule has 0 aliphatic rings. The minimum absolute atomic E-state index is 0. The Hall–Kier alpha value is -6.68. The first-order valence-corrected chi connectivity index (χ1v) is 20.3. The van der Waals surface area contributed by atoms with Gasteiger partial charge in [0.1, 0.15) is 0 Å². The fourth-order valence-corrected chi connectivity index (χ4v) is 8.04. The molecule has 0 saturated heterocycles. The van der Waals surface area contributed by atoms with Gasteiger partial charge >= 0.3 is 0 Å². The number of aliphatic imine (C=N–C) groups is 1. The Morgan fingerprint density at radius 2 is 1.25 bits per heavy atom. The number of aryl methyl sites for hydroxylation is 2. The van der Waals surface area contributed by atoms with Crippen LogP contribution >= 0.6 is 0 Å². The molecule has 0 saturated carbocycles. The van der Waals surface area contributed by atoms with Crippen LogP contribution in [0.15, 0.2) is 181 Å². The predicted octanol–water partition coefficient (Wildman–Crippen LogP) is 14.1. The summed E-state index contributed by atoms with van der Waals surface area (Å²) in [4.78, 5) is 15.1. The Morgan fingerprint density at radius 1 is 0.607 bits per heavy atom. The maximum absolute atomic E-state index is 11.5. The van der Waals surface area contributed by atoms with Crippen molar-refractivity contribution in [2.45, 2.75) is 40.0 Å². The smallest absolute Gasteiger partial charge is 0.238 e. The Kier molecular flexibility index (Phi) is 11.5. The van der Waals surface area contributed by atoms with Crippen LogP contribution < -0.4 is 0 Å². The van der Waals surface area contributed by atoms with Gasteiger partial charge in [-0.1, -0.05) is 153 Å². The molecule has 2 aromatic heterocycles. The summed E-state index contributed by atoms with van der Waals surface area (Å²) >= 11 is 0. The van der Waals surface area contributed by atoms with Gasteiger partial charge in [0.25, 0.3) is 0 Å². The molecule has 0 aliphatic heterocycles. The van der Waals surface area contributed by atoms with E-state index in [-0.39, 0.29) is 32.4 Å². The average Bonchev–Trinajstić information content (AvgIpc) is 3.64. The van der Waals surface area contributed by atoms with Crippen LogP contribution in [0.2, 0.25) is 0 Å². The van der Waals surface area contributed by atoms with Gasteiger partial charge in [-0.15, -0.1) is 29.3 Å². The predicted molar refractivity (Wildman–Crippen MR) is 248 cm³/mol. The molecule has 0 amide bonds. The van der Waals surface area contributed by atoms with Crippen molar-refractivity contribution in [3.8, 4) is 61.5 Å². The molecule has 9 rings (SSSR count). The second kappa shape index (κ2) is 17.1. The number of hydrogen-bond acceptors (Lipinski definition) is 3. The van der Waals surface area contributed by atoms with E-state index in [0.717, 1.165) is 72.5 Å². The minimum atomic E-state index is -0.169. The molecule has 0 aliphatic carbocycles. The largest absolute Gasteiger partial charge is 0.493 e. The molecule has 1 N–H and O–H groups in total. The van der Waals surface area contributed by atoms with E-state index in [1.54, 1.807) is 0 Å². The summed E-state index contributed by atoms with van der Waals surface area (Å²) in [6.07, 6.45) is 1.90. The zero-order valence-corrected chi connectivity index (χ0v) is 37.1. The normalized spacial score (nSPS) is 11.7. The number of benzene rings is 7. The summed E-state index contributed by atoms with van der Waals surface area (Å²) in [5, 5.41) is 11.5. The van der Waals surface area contributed by atoms with Crippen molar-refractivity contribution < 1.29 is 26.2 Å². The van der Waals surface area contributed by atoms with E-state index in [9.17, 15) is 5.11 Å². The van der Waals surface area contributed by atoms with Gasteiger partial charge in [-0.3, -0.25) is 9.55 Å². The molecule has 61 heavy (non-hydrogen) atoms. The van der Waals surface area contributed by atoms with Crippen LogP contribution in [0.4, 0.5) is 5.95 Å². The summed E-state index contributed by atoms with van der Waals surface area (Å²) in [5.41, 5.74) is 16.7. The minimum Gasteiger partial charge on any atom is -0.493 e. The number of aliphatic hydroxyl groups excluding tert-OH is 1. The molecule has 9 aromatic rings. The van der Waals surface area contributed by atoms with Gasteiger partial charge in [0, 0.05) is 44.1 Å². The molecule has 6 heteroatoms. The Balaban J connectivity index is 0.00000514. The van der Waals surface area contributed by atoms with E-state index in [0.29, 0.717) is 11.5 Å². The molecule has 0 radical (unpaired) electrons. The number of fused-ring (bicyclic) bond motifs is 1. The summed E-state index contributed by atoms with van der Waals surface area (Å²) in [6, 6.07) is 61.9. The molecular weight excluding hydrogens is 928 g/mol. The van der Waals surface area contributed by atoms with Gasteiger partial charge in [0.2, 0.25) is 11.8 Å². The first-order chi connectivity index (χ1) is 29.1. The quantitative estimate of drug-likeness (QED) is 0.0937. The number of rotatable bonds is 8. The molecule has 302 valence electrons. The molecule has 7 aromatic carbocycles. The van der Waals surface area contributed by atoms with Crippen molar-refractivity contribution in [3.63, 3.8) is 0 Å². The summed E-state index contributed by atoms with van der Waals surface area (Å²) in [5.74, 6) is 0.243. The van der Waals surface area contributed by atoms with Crippen LogP contribution in [0.3, 0.4) is 0 Å². The number of pyridine rings is 1. The molecule has 0 bridgehead atoms. The third kappa shape index (κ3) is 8.27. The topological polar surface area (TPSA) is 63.3 Å². The van der Waals surface area contributed by atoms with Crippen molar-refractivity contribution in [1.29, 1.82) is 0 Å². The van der Waals surface area contributed by atoms with Crippen molar-refractivity contribution in [2.24, 2.45) is 4.99 Å². The van der Waals surface area contributed by atoms with Crippen molar-refractivity contribution in [1.82, 2.24) is 14.5 Å². The standard InChI is InChI=1S/C55H45N4O.Pt/c1-36-17-15-18-37(2)51(36)42-29-30-56-48(35-42)44-31-43(32-45(33-44)55(3,4)5)46-25-16-26-50-52(46)57-54(58-53(60)40-23-13-8-14-24-40)59(50)49-28-27-41(38-19-9-6-10-20-38)34-47(49)39-21-11-7-12-22-39;/h6-30,32-35H,1-5H3,(H,57,58,60);/q-1;. The fourth-order valence-electron chi connectivity index (χ4n) is 8.04. The molecule has 5 nitrogen and oxygen atoms in total. The van der Waals surface area contributed by atoms with Crippen LogP contribution in [0.1, 0.15) is 43.0 Å². The van der Waals surface area contributed by atoms with Crippen LogP contribution in [0.25, 0.3) is 72.5 Å². The van der Waals surface area contributed by atoms with Gasteiger partial charge in [-0.05, 0) is 94.6 Å². The first-order valence-electron chi connectivity index (χ1n) is 20.3. The van der Waals surface area contributed by atoms with Gasteiger partial charge in [0.05, 0.1) is 16.7 Å². The molecule has 0 fully saturated rings. The fraction of sp³-hybridized carbons (Fsp3) is 0.109. The van der Waals surface area contributed by atoms with Crippen LogP contribution in [-0.4, -0.2) is 25.5 Å². The maximum Gasteiger partial charge on any atom is 0.238 e. The van der Waals surface area contributed by atoms with E-state index in [1.165, 1.54) is 16.7 Å². The number of imidazole rings is 1. The first kappa shape index (κ1) is 41.1. The number of nitrogens with zero attached hydrogens (tertiary/aromatic N) is 4. The molecule has 0 unspecified atom stereocenters. The number of aromatic nitrogens is 3. The van der Waals surface area contributed by atoms with Crippen molar-refractivity contribution in [3.05, 3.63) is 204 Å². The number of para-hydroxylation sites is 1. The second-order valence-electron chi connectivity index (χ2n) is 16.3. The Labute approximate surface area is 372 Å². The molecule has 0 atom stereocenters. The summed E-state index contributed by atoms with van der Waals surface area (Å²) in [7, 11) is 0. The summed E-state index contributed by atoms with van der Waals surface area (Å²) < 4.78 is 2.07. The van der Waals surface area contributed by atoms with Crippen LogP contribution in [0, 0.1) is 19.9 Å². The van der Waals surface area contributed by atoms with Gasteiger partial charge in [-0.25, -0.2) is 4.98 Å². The average molecular weight is 973 g/mol. The molecule has 0 spiro atoms. The summed E-state index contributed by atoms with van der Waals surface area (Å²) in [6.45, 7) is 11.0. The van der Waals surface area contributed by atoms with Gasteiger partial charge in [0.15, 0.2) is 0 Å². The number of hydrogen-bond donors (Lipinski definition) is 1. The monoisotopic (exact) mass is 972 g/mol. The van der Waals surface area contributed by atoms with Crippen LogP contribution in [-0.2, 0) is 26.5 Å². The van der Waals surface area contributed by atoms with Crippen LogP contribution in [0.5, 0.6) is 0 Å². The van der Waals surface area contributed by atoms with Gasteiger partial charge < -0.3 is 5.11 Å². The van der Waals surface area contributed by atoms with E-state index in [2.05, 4.69) is 173 Å². The van der Waals surface area contributed by atoms with E-state index >= 15 is 0 Å². The molecule has 2 heterocycles. The Morgan fingerprint density at radius 3 is 1.93 bits per heavy atom. The SMILES string of the molecule is Cc1cccc(C)c1-c1ccnc(-c2[c-]c(-c3cccc4c3nc(/N=C(\O)c3ccccc3)n4-c3ccc(-c4ccccc4)cc3-c3ccccc3)cc(C(C)(C)C)c2)c1.[Pt]. The zero-order valence-electron chi connectivity index (χ0n) is 34.8. The maximum atomic E-state index is 11.5. The van der Waals surface area contributed by atoms with E-state index < -0.39 is 0 Å². The zero-order chi connectivity index (χ0) is 41.4. The Bertz CT molecular complexity index is 3020.